The molecule has 3 rings (SSSR count). The van der Waals surface area contributed by atoms with Crippen molar-refractivity contribution >= 4 is 33.3 Å². The van der Waals surface area contributed by atoms with E-state index in [1.54, 1.807) is 6.33 Å². The van der Waals surface area contributed by atoms with Crippen molar-refractivity contribution in [2.45, 2.75) is 45.1 Å². The summed E-state index contributed by atoms with van der Waals surface area (Å²) in [5.74, 6) is 0.460. The van der Waals surface area contributed by atoms with Gasteiger partial charge in [0, 0.05) is 11.4 Å². The third-order valence-corrected chi connectivity index (χ3v) is 4.70. The third-order valence-electron chi connectivity index (χ3n) is 3.81. The number of hydrogen-bond acceptors (Lipinski definition) is 6. The van der Waals surface area contributed by atoms with Gasteiger partial charge in [-0.1, -0.05) is 19.3 Å². The molecule has 0 atom stereocenters. The van der Waals surface area contributed by atoms with Gasteiger partial charge in [0.05, 0.1) is 17.6 Å². The lowest BCUT2D eigenvalue weighted by atomic mass is 9.95. The predicted molar refractivity (Wildman–Crippen MR) is 83.9 cm³/mol. The summed E-state index contributed by atoms with van der Waals surface area (Å²) < 4.78 is 5.12. The topological polar surface area (TPSA) is 64.1 Å². The Hall–Kier alpha value is -1.69. The molecular formula is C15H19N3O2S. The largest absolute Gasteiger partial charge is 0.462 e. The monoisotopic (exact) mass is 305 g/mol. The molecule has 0 radical (unpaired) electrons. The van der Waals surface area contributed by atoms with E-state index in [0.29, 0.717) is 18.2 Å². The summed E-state index contributed by atoms with van der Waals surface area (Å²) >= 11 is 1.45. The van der Waals surface area contributed by atoms with E-state index >= 15 is 0 Å². The van der Waals surface area contributed by atoms with E-state index < -0.39 is 0 Å². The van der Waals surface area contributed by atoms with E-state index in [9.17, 15) is 4.79 Å². The summed E-state index contributed by atoms with van der Waals surface area (Å²) in [7, 11) is 0. The fourth-order valence-electron chi connectivity index (χ4n) is 2.78. The van der Waals surface area contributed by atoms with Crippen LogP contribution in [-0.4, -0.2) is 28.6 Å². The number of esters is 1. The Morgan fingerprint density at radius 3 is 2.95 bits per heavy atom. The summed E-state index contributed by atoms with van der Waals surface area (Å²) in [6.07, 6.45) is 7.68. The standard InChI is InChI=1S/C15H19N3O2S/c1-2-20-15(19)11-8-21-14-12(11)13(16-9-17-14)18-10-6-4-3-5-7-10/h8-10H,2-7H2,1H3,(H,16,17,18). The molecule has 0 amide bonds. The number of ether oxygens (including phenoxy) is 1. The van der Waals surface area contributed by atoms with Crippen molar-refractivity contribution < 1.29 is 9.53 Å². The van der Waals surface area contributed by atoms with Gasteiger partial charge in [0.1, 0.15) is 17.0 Å². The number of anilines is 1. The Morgan fingerprint density at radius 2 is 2.19 bits per heavy atom. The Balaban J connectivity index is 1.93. The minimum atomic E-state index is -0.301. The first-order valence-corrected chi connectivity index (χ1v) is 8.33. The number of hydrogen-bond donors (Lipinski definition) is 1. The van der Waals surface area contributed by atoms with E-state index in [0.717, 1.165) is 28.9 Å². The van der Waals surface area contributed by atoms with Crippen LogP contribution in [0, 0.1) is 0 Å². The lowest BCUT2D eigenvalue weighted by molar-refractivity contribution is 0.0529. The van der Waals surface area contributed by atoms with Gasteiger partial charge in [0.2, 0.25) is 0 Å². The van der Waals surface area contributed by atoms with Gasteiger partial charge in [-0.2, -0.15) is 0 Å². The van der Waals surface area contributed by atoms with Crippen LogP contribution in [0.15, 0.2) is 11.7 Å². The molecular weight excluding hydrogens is 286 g/mol. The summed E-state index contributed by atoms with van der Waals surface area (Å²) in [6, 6.07) is 0.437. The molecule has 2 aromatic rings. The van der Waals surface area contributed by atoms with Crippen LogP contribution in [0.1, 0.15) is 49.4 Å². The molecule has 0 spiro atoms. The van der Waals surface area contributed by atoms with Gasteiger partial charge >= 0.3 is 5.97 Å². The van der Waals surface area contributed by atoms with Crippen LogP contribution < -0.4 is 5.32 Å². The summed E-state index contributed by atoms with van der Waals surface area (Å²) in [5.41, 5.74) is 0.566. The molecule has 1 aliphatic carbocycles. The zero-order valence-corrected chi connectivity index (χ0v) is 12.9. The number of aromatic nitrogens is 2. The lowest BCUT2D eigenvalue weighted by Gasteiger charge is -2.23. The van der Waals surface area contributed by atoms with Gasteiger partial charge < -0.3 is 10.1 Å². The van der Waals surface area contributed by atoms with Crippen LogP contribution in [-0.2, 0) is 4.74 Å². The Bertz CT molecular complexity index is 635. The molecule has 1 aliphatic rings. The van der Waals surface area contributed by atoms with Crippen molar-refractivity contribution in [3.8, 4) is 0 Å². The molecule has 2 aromatic heterocycles. The van der Waals surface area contributed by atoms with Gasteiger partial charge in [-0.3, -0.25) is 0 Å². The van der Waals surface area contributed by atoms with Gasteiger partial charge in [0.15, 0.2) is 0 Å². The Labute approximate surface area is 127 Å². The molecule has 1 fully saturated rings. The average molecular weight is 305 g/mol. The van der Waals surface area contributed by atoms with Gasteiger partial charge in [-0.05, 0) is 19.8 Å². The highest BCUT2D eigenvalue weighted by Gasteiger charge is 2.20. The third kappa shape index (κ3) is 3.00. The smallest absolute Gasteiger partial charge is 0.339 e. The van der Waals surface area contributed by atoms with Crippen molar-refractivity contribution in [2.24, 2.45) is 0 Å². The Morgan fingerprint density at radius 1 is 1.38 bits per heavy atom. The molecule has 112 valence electrons. The van der Waals surface area contributed by atoms with Crippen LogP contribution in [0.4, 0.5) is 5.82 Å². The SMILES string of the molecule is CCOC(=O)c1csc2ncnc(NC3CCCCC3)c12. The molecule has 0 unspecified atom stereocenters. The van der Waals surface area contributed by atoms with Crippen molar-refractivity contribution in [1.29, 1.82) is 0 Å². The second kappa shape index (κ2) is 6.39. The fourth-order valence-corrected chi connectivity index (χ4v) is 3.66. The zero-order chi connectivity index (χ0) is 14.7. The first-order valence-electron chi connectivity index (χ1n) is 7.45. The van der Waals surface area contributed by atoms with Gasteiger partial charge in [-0.25, -0.2) is 14.8 Å². The van der Waals surface area contributed by atoms with Crippen LogP contribution in [0.2, 0.25) is 0 Å². The molecule has 0 aromatic carbocycles. The highest BCUT2D eigenvalue weighted by molar-refractivity contribution is 7.17. The number of carbonyl (C=O) groups excluding carboxylic acids is 1. The van der Waals surface area contributed by atoms with E-state index in [4.69, 9.17) is 4.74 Å². The van der Waals surface area contributed by atoms with Crippen molar-refractivity contribution in [3.05, 3.63) is 17.3 Å². The summed E-state index contributed by atoms with van der Waals surface area (Å²) in [5, 5.41) is 6.10. The van der Waals surface area contributed by atoms with Crippen molar-refractivity contribution in [1.82, 2.24) is 9.97 Å². The minimum absolute atomic E-state index is 0.301. The number of fused-ring (bicyclic) bond motifs is 1. The maximum Gasteiger partial charge on any atom is 0.339 e. The number of nitrogens with one attached hydrogen (secondary N) is 1. The van der Waals surface area contributed by atoms with Crippen LogP contribution in [0.25, 0.3) is 10.2 Å². The highest BCUT2D eigenvalue weighted by atomic mass is 32.1. The molecule has 21 heavy (non-hydrogen) atoms. The maximum atomic E-state index is 12.1. The molecule has 0 saturated heterocycles. The Kier molecular flexibility index (Phi) is 4.34. The van der Waals surface area contributed by atoms with Gasteiger partial charge in [-0.15, -0.1) is 11.3 Å². The van der Waals surface area contributed by atoms with E-state index in [-0.39, 0.29) is 5.97 Å². The molecule has 2 heterocycles. The molecule has 1 N–H and O–H groups in total. The second-order valence-corrected chi connectivity index (χ2v) is 6.11. The van der Waals surface area contributed by atoms with Crippen LogP contribution in [0.5, 0.6) is 0 Å². The molecule has 6 heteroatoms. The minimum Gasteiger partial charge on any atom is -0.462 e. The lowest BCUT2D eigenvalue weighted by Crippen LogP contribution is -2.23. The summed E-state index contributed by atoms with van der Waals surface area (Å²) in [6.45, 7) is 2.18. The molecule has 5 nitrogen and oxygen atoms in total. The van der Waals surface area contributed by atoms with E-state index in [1.807, 2.05) is 12.3 Å². The molecule has 1 saturated carbocycles. The quantitative estimate of drug-likeness (QED) is 0.874. The van der Waals surface area contributed by atoms with E-state index in [2.05, 4.69) is 15.3 Å². The van der Waals surface area contributed by atoms with Crippen LogP contribution in [0.3, 0.4) is 0 Å². The maximum absolute atomic E-state index is 12.1. The number of nitrogens with zero attached hydrogens (tertiary/aromatic N) is 2. The average Bonchev–Trinajstić information content (AvgIpc) is 2.94. The first kappa shape index (κ1) is 14.3. The normalized spacial score (nSPS) is 16.0. The highest BCUT2D eigenvalue weighted by Crippen LogP contribution is 2.31. The number of carbonyl (C=O) groups is 1. The molecule has 0 bridgehead atoms. The van der Waals surface area contributed by atoms with Crippen molar-refractivity contribution in [2.75, 3.05) is 11.9 Å². The number of rotatable bonds is 4. The molecule has 0 aliphatic heterocycles. The van der Waals surface area contributed by atoms with Crippen molar-refractivity contribution in [3.63, 3.8) is 0 Å². The first-order chi connectivity index (χ1) is 10.3. The fraction of sp³-hybridized carbons (Fsp3) is 0.533. The second-order valence-electron chi connectivity index (χ2n) is 5.25. The van der Waals surface area contributed by atoms with Crippen LogP contribution >= 0.6 is 11.3 Å². The summed E-state index contributed by atoms with van der Waals surface area (Å²) in [4.78, 5) is 21.5. The zero-order valence-electron chi connectivity index (χ0n) is 12.1. The van der Waals surface area contributed by atoms with Gasteiger partial charge in [0.25, 0.3) is 0 Å². The predicted octanol–water partition coefficient (Wildman–Crippen LogP) is 3.61. The van der Waals surface area contributed by atoms with E-state index in [1.165, 1.54) is 30.6 Å². The number of thiophene rings is 1.